The fourth-order valence-electron chi connectivity index (χ4n) is 3.88. The van der Waals surface area contributed by atoms with Crippen molar-refractivity contribution < 1.29 is 9.53 Å². The van der Waals surface area contributed by atoms with Gasteiger partial charge in [0, 0.05) is 32.2 Å². The number of benzene rings is 1. The molecule has 1 aromatic carbocycles. The van der Waals surface area contributed by atoms with Gasteiger partial charge in [-0.2, -0.15) is 0 Å². The van der Waals surface area contributed by atoms with Crippen LogP contribution in [0.15, 0.2) is 30.3 Å². The number of hydrogen-bond acceptors (Lipinski definition) is 4. The molecule has 0 bridgehead atoms. The number of carbonyl (C=O) groups excluding carboxylic acids is 1. The third-order valence-electron chi connectivity index (χ3n) is 5.04. The molecule has 2 saturated heterocycles. The zero-order chi connectivity index (χ0) is 16.2. The number of primary amides is 1. The summed E-state index contributed by atoms with van der Waals surface area (Å²) in [6.45, 7) is 6.84. The van der Waals surface area contributed by atoms with E-state index in [1.807, 2.05) is 30.3 Å². The van der Waals surface area contributed by atoms with Crippen LogP contribution in [0.1, 0.15) is 31.4 Å². The Morgan fingerprint density at radius 2 is 1.91 bits per heavy atom. The fraction of sp³-hybridized carbons (Fsp3) is 0.611. The molecule has 2 aliphatic rings. The fourth-order valence-corrected chi connectivity index (χ4v) is 3.88. The molecule has 0 aromatic heterocycles. The summed E-state index contributed by atoms with van der Waals surface area (Å²) in [4.78, 5) is 16.8. The molecular formula is C18H27N3O2. The zero-order valence-electron chi connectivity index (χ0n) is 13.9. The van der Waals surface area contributed by atoms with Crippen molar-refractivity contribution in [2.75, 3.05) is 32.8 Å². The number of nitrogens with two attached hydrogens (primary N) is 1. The lowest BCUT2D eigenvalue weighted by atomic mass is 9.97. The third-order valence-corrected chi connectivity index (χ3v) is 5.04. The van der Waals surface area contributed by atoms with Gasteiger partial charge < -0.3 is 10.5 Å². The second-order valence-electron chi connectivity index (χ2n) is 6.66. The highest BCUT2D eigenvalue weighted by atomic mass is 16.5. The Morgan fingerprint density at radius 3 is 2.52 bits per heavy atom. The quantitative estimate of drug-likeness (QED) is 0.912. The predicted octanol–water partition coefficient (Wildman–Crippen LogP) is 1.40. The highest BCUT2D eigenvalue weighted by Crippen LogP contribution is 2.27. The van der Waals surface area contributed by atoms with Crippen LogP contribution in [-0.4, -0.2) is 60.6 Å². The summed E-state index contributed by atoms with van der Waals surface area (Å²) in [6, 6.07) is 10.2. The molecule has 23 heavy (non-hydrogen) atoms. The van der Waals surface area contributed by atoms with E-state index < -0.39 is 0 Å². The molecule has 1 aromatic rings. The van der Waals surface area contributed by atoms with E-state index in [9.17, 15) is 4.79 Å². The summed E-state index contributed by atoms with van der Waals surface area (Å²) in [5, 5.41) is 0. The molecule has 0 radical (unpaired) electrons. The Hall–Kier alpha value is -1.43. The molecule has 1 amide bonds. The van der Waals surface area contributed by atoms with Gasteiger partial charge in [-0.25, -0.2) is 0 Å². The maximum absolute atomic E-state index is 12.0. The summed E-state index contributed by atoms with van der Waals surface area (Å²) in [7, 11) is 0. The van der Waals surface area contributed by atoms with Crippen molar-refractivity contribution in [2.24, 2.45) is 5.73 Å². The van der Waals surface area contributed by atoms with Crippen LogP contribution in [0.3, 0.4) is 0 Å². The Kier molecular flexibility index (Phi) is 5.30. The van der Waals surface area contributed by atoms with E-state index in [1.165, 1.54) is 0 Å². The number of likely N-dealkylation sites (tertiary alicyclic amines) is 1. The smallest absolute Gasteiger partial charge is 0.239 e. The standard InChI is InChI=1S/C18H27N3O2/c1-14-13-21(11-12-23-14)16-7-9-20(10-8-16)17(18(19)22)15-5-3-2-4-6-15/h2-6,14,16-17H,7-13H2,1H3,(H2,19,22)/t14-,17-/m1/s1. The first-order chi connectivity index (χ1) is 11.1. The maximum atomic E-state index is 12.0. The number of piperidine rings is 1. The summed E-state index contributed by atoms with van der Waals surface area (Å²) in [6.07, 6.45) is 2.50. The van der Waals surface area contributed by atoms with Gasteiger partial charge in [0.25, 0.3) is 0 Å². The SMILES string of the molecule is C[C@@H]1CN(C2CCN([C@@H](C(N)=O)c3ccccc3)CC2)CCO1. The van der Waals surface area contributed by atoms with Crippen molar-refractivity contribution in [3.05, 3.63) is 35.9 Å². The van der Waals surface area contributed by atoms with Crippen molar-refractivity contribution in [3.63, 3.8) is 0 Å². The topological polar surface area (TPSA) is 58.8 Å². The van der Waals surface area contributed by atoms with E-state index in [-0.39, 0.29) is 11.9 Å². The highest BCUT2D eigenvalue weighted by Gasteiger charge is 2.32. The number of ether oxygens (including phenoxy) is 1. The largest absolute Gasteiger partial charge is 0.376 e. The number of carbonyl (C=O) groups is 1. The molecule has 0 unspecified atom stereocenters. The van der Waals surface area contributed by atoms with Crippen LogP contribution in [0.25, 0.3) is 0 Å². The van der Waals surface area contributed by atoms with E-state index in [0.717, 1.165) is 51.2 Å². The highest BCUT2D eigenvalue weighted by molar-refractivity contribution is 5.81. The molecule has 2 fully saturated rings. The van der Waals surface area contributed by atoms with Gasteiger partial charge in [-0.15, -0.1) is 0 Å². The van der Waals surface area contributed by atoms with Gasteiger partial charge in [-0.3, -0.25) is 14.6 Å². The molecule has 2 N–H and O–H groups in total. The summed E-state index contributed by atoms with van der Waals surface area (Å²) < 4.78 is 5.63. The lowest BCUT2D eigenvalue weighted by Crippen LogP contribution is -2.52. The number of hydrogen-bond donors (Lipinski definition) is 1. The number of rotatable bonds is 4. The number of amides is 1. The van der Waals surface area contributed by atoms with E-state index >= 15 is 0 Å². The molecule has 0 spiro atoms. The van der Waals surface area contributed by atoms with Gasteiger partial charge in [-0.1, -0.05) is 30.3 Å². The van der Waals surface area contributed by atoms with Crippen molar-refractivity contribution in [1.29, 1.82) is 0 Å². The second-order valence-corrected chi connectivity index (χ2v) is 6.66. The summed E-state index contributed by atoms with van der Waals surface area (Å²) in [5.41, 5.74) is 6.69. The first-order valence-electron chi connectivity index (χ1n) is 8.59. The van der Waals surface area contributed by atoms with Crippen LogP contribution in [0, 0.1) is 0 Å². The van der Waals surface area contributed by atoms with E-state index in [1.54, 1.807) is 0 Å². The molecular weight excluding hydrogens is 290 g/mol. The minimum atomic E-state index is -0.305. The molecule has 2 aliphatic heterocycles. The second kappa shape index (κ2) is 7.43. The Bertz CT molecular complexity index is 514. The van der Waals surface area contributed by atoms with Gasteiger partial charge in [0.05, 0.1) is 12.7 Å². The average molecular weight is 317 g/mol. The van der Waals surface area contributed by atoms with Gasteiger partial charge in [0.1, 0.15) is 6.04 Å². The van der Waals surface area contributed by atoms with Crippen LogP contribution in [0.5, 0.6) is 0 Å². The molecule has 2 heterocycles. The maximum Gasteiger partial charge on any atom is 0.239 e. The lowest BCUT2D eigenvalue weighted by molar-refractivity contribution is -0.124. The van der Waals surface area contributed by atoms with E-state index in [0.29, 0.717) is 12.1 Å². The van der Waals surface area contributed by atoms with Crippen molar-refractivity contribution in [3.8, 4) is 0 Å². The Balaban J connectivity index is 1.62. The summed E-state index contributed by atoms with van der Waals surface area (Å²) >= 11 is 0. The molecule has 2 atom stereocenters. The van der Waals surface area contributed by atoms with E-state index in [4.69, 9.17) is 10.5 Å². The van der Waals surface area contributed by atoms with Crippen molar-refractivity contribution in [1.82, 2.24) is 9.80 Å². The van der Waals surface area contributed by atoms with Crippen LogP contribution >= 0.6 is 0 Å². The molecule has 5 nitrogen and oxygen atoms in total. The number of morpholine rings is 1. The van der Waals surface area contributed by atoms with Gasteiger partial charge in [-0.05, 0) is 25.3 Å². The average Bonchev–Trinajstić information content (AvgIpc) is 2.56. The lowest BCUT2D eigenvalue weighted by Gasteiger charge is -2.43. The van der Waals surface area contributed by atoms with Gasteiger partial charge >= 0.3 is 0 Å². The molecule has 126 valence electrons. The van der Waals surface area contributed by atoms with Gasteiger partial charge in [0.15, 0.2) is 0 Å². The van der Waals surface area contributed by atoms with Crippen molar-refractivity contribution >= 4 is 5.91 Å². The predicted molar refractivity (Wildman–Crippen MR) is 90.0 cm³/mol. The van der Waals surface area contributed by atoms with Crippen LogP contribution in [0.4, 0.5) is 0 Å². The van der Waals surface area contributed by atoms with Crippen molar-refractivity contribution in [2.45, 2.75) is 38.0 Å². The van der Waals surface area contributed by atoms with Crippen LogP contribution in [-0.2, 0) is 9.53 Å². The first-order valence-corrected chi connectivity index (χ1v) is 8.59. The monoisotopic (exact) mass is 317 g/mol. The third kappa shape index (κ3) is 3.91. The molecule has 5 heteroatoms. The normalized spacial score (nSPS) is 26.0. The number of nitrogens with zero attached hydrogens (tertiary/aromatic N) is 2. The molecule has 0 aliphatic carbocycles. The minimum Gasteiger partial charge on any atom is -0.376 e. The Morgan fingerprint density at radius 1 is 1.22 bits per heavy atom. The minimum absolute atomic E-state index is 0.255. The van der Waals surface area contributed by atoms with Gasteiger partial charge in [0.2, 0.25) is 5.91 Å². The summed E-state index contributed by atoms with van der Waals surface area (Å²) in [5.74, 6) is -0.255. The zero-order valence-corrected chi connectivity index (χ0v) is 13.9. The Labute approximate surface area is 138 Å². The first kappa shape index (κ1) is 16.4. The van der Waals surface area contributed by atoms with Crippen LogP contribution in [0.2, 0.25) is 0 Å². The molecule has 3 rings (SSSR count). The van der Waals surface area contributed by atoms with Crippen LogP contribution < -0.4 is 5.73 Å². The molecule has 0 saturated carbocycles. The van der Waals surface area contributed by atoms with E-state index in [2.05, 4.69) is 16.7 Å².